The Morgan fingerprint density at radius 1 is 1.44 bits per heavy atom. The van der Waals surface area contributed by atoms with Crippen LogP contribution in [0.2, 0.25) is 0 Å². The Bertz CT molecular complexity index is 592. The molecule has 0 spiro atoms. The van der Waals surface area contributed by atoms with E-state index in [0.29, 0.717) is 24.2 Å². The fourth-order valence-corrected chi connectivity index (χ4v) is 2.12. The van der Waals surface area contributed by atoms with Crippen LogP contribution in [0, 0.1) is 0 Å². The number of likely N-dealkylation sites (N-methyl/N-ethyl adjacent to an activating group) is 1. The highest BCUT2D eigenvalue weighted by atomic mass is 16.4. The van der Waals surface area contributed by atoms with Gasteiger partial charge in [-0.15, -0.1) is 0 Å². The molecular formula is C13H18N2O3. The topological polar surface area (TPSA) is 69.5 Å². The largest absolute Gasteiger partial charge is 0.417 e. The zero-order valence-corrected chi connectivity index (χ0v) is 10.9. The van der Waals surface area contributed by atoms with Crippen LogP contribution in [0.3, 0.4) is 0 Å². The predicted molar refractivity (Wildman–Crippen MR) is 69.5 cm³/mol. The SMILES string of the molecule is CN(Cc1ccc2[nH]c(=O)oc2c1)CC(C)(C)O. The third-order valence-electron chi connectivity index (χ3n) is 2.59. The molecule has 0 fully saturated rings. The number of rotatable bonds is 4. The van der Waals surface area contributed by atoms with Crippen molar-refractivity contribution >= 4 is 11.1 Å². The quantitative estimate of drug-likeness (QED) is 0.858. The van der Waals surface area contributed by atoms with Crippen LogP contribution in [0.4, 0.5) is 0 Å². The fourth-order valence-electron chi connectivity index (χ4n) is 2.12. The molecule has 0 aliphatic heterocycles. The highest BCUT2D eigenvalue weighted by molar-refractivity contribution is 5.72. The monoisotopic (exact) mass is 250 g/mol. The maximum absolute atomic E-state index is 11.0. The van der Waals surface area contributed by atoms with Gasteiger partial charge in [-0.3, -0.25) is 9.88 Å². The molecule has 0 amide bonds. The average Bonchev–Trinajstić information content (AvgIpc) is 2.53. The normalized spacial score (nSPS) is 12.5. The van der Waals surface area contributed by atoms with E-state index in [9.17, 15) is 9.90 Å². The van der Waals surface area contributed by atoms with Gasteiger partial charge in [0.25, 0.3) is 0 Å². The first-order valence-electron chi connectivity index (χ1n) is 5.86. The van der Waals surface area contributed by atoms with Gasteiger partial charge in [0.1, 0.15) is 0 Å². The number of H-pyrrole nitrogens is 1. The van der Waals surface area contributed by atoms with Crippen molar-refractivity contribution in [3.05, 3.63) is 34.3 Å². The summed E-state index contributed by atoms with van der Waals surface area (Å²) in [5.41, 5.74) is 1.58. The summed E-state index contributed by atoms with van der Waals surface area (Å²) in [5, 5.41) is 9.73. The van der Waals surface area contributed by atoms with Crippen LogP contribution in [0.15, 0.2) is 27.4 Å². The summed E-state index contributed by atoms with van der Waals surface area (Å²) >= 11 is 0. The van der Waals surface area contributed by atoms with Crippen molar-refractivity contribution in [3.8, 4) is 0 Å². The molecular weight excluding hydrogens is 232 g/mol. The lowest BCUT2D eigenvalue weighted by Gasteiger charge is -2.25. The van der Waals surface area contributed by atoms with Gasteiger partial charge in [0, 0.05) is 13.1 Å². The van der Waals surface area contributed by atoms with Gasteiger partial charge in [0.05, 0.1) is 11.1 Å². The van der Waals surface area contributed by atoms with Gasteiger partial charge >= 0.3 is 5.76 Å². The van der Waals surface area contributed by atoms with E-state index in [0.717, 1.165) is 5.56 Å². The van der Waals surface area contributed by atoms with Crippen molar-refractivity contribution in [2.45, 2.75) is 26.0 Å². The smallest absolute Gasteiger partial charge is 0.408 e. The summed E-state index contributed by atoms with van der Waals surface area (Å²) < 4.78 is 5.01. The van der Waals surface area contributed by atoms with Crippen LogP contribution in [-0.4, -0.2) is 34.2 Å². The number of aromatic nitrogens is 1. The number of hydrogen-bond donors (Lipinski definition) is 2. The number of oxazole rings is 1. The maximum atomic E-state index is 11.0. The minimum Gasteiger partial charge on any atom is -0.408 e. The minimum atomic E-state index is -0.723. The van der Waals surface area contributed by atoms with E-state index < -0.39 is 11.4 Å². The third kappa shape index (κ3) is 3.21. The van der Waals surface area contributed by atoms with Crippen LogP contribution < -0.4 is 5.76 Å². The van der Waals surface area contributed by atoms with Gasteiger partial charge in [-0.2, -0.15) is 0 Å². The van der Waals surface area contributed by atoms with Crippen molar-refractivity contribution in [3.63, 3.8) is 0 Å². The molecule has 0 atom stereocenters. The van der Waals surface area contributed by atoms with Crippen molar-refractivity contribution in [2.75, 3.05) is 13.6 Å². The Morgan fingerprint density at radius 3 is 2.83 bits per heavy atom. The van der Waals surface area contributed by atoms with Crippen molar-refractivity contribution in [1.82, 2.24) is 9.88 Å². The van der Waals surface area contributed by atoms with Gasteiger partial charge < -0.3 is 9.52 Å². The molecule has 0 bridgehead atoms. The molecule has 1 heterocycles. The van der Waals surface area contributed by atoms with Crippen molar-refractivity contribution in [1.29, 1.82) is 0 Å². The lowest BCUT2D eigenvalue weighted by atomic mass is 10.1. The van der Waals surface area contributed by atoms with E-state index >= 15 is 0 Å². The second-order valence-electron chi connectivity index (χ2n) is 5.33. The van der Waals surface area contributed by atoms with Crippen LogP contribution in [0.1, 0.15) is 19.4 Å². The summed E-state index contributed by atoms with van der Waals surface area (Å²) in [6, 6.07) is 5.61. The van der Waals surface area contributed by atoms with Crippen LogP contribution in [-0.2, 0) is 6.54 Å². The molecule has 1 aromatic carbocycles. The van der Waals surface area contributed by atoms with E-state index in [1.807, 2.05) is 30.1 Å². The third-order valence-corrected chi connectivity index (χ3v) is 2.59. The molecule has 0 unspecified atom stereocenters. The lowest BCUT2D eigenvalue weighted by molar-refractivity contribution is 0.0425. The number of hydrogen-bond acceptors (Lipinski definition) is 4. The minimum absolute atomic E-state index is 0.438. The molecule has 0 saturated heterocycles. The summed E-state index contributed by atoms with van der Waals surface area (Å²) in [6.45, 7) is 4.81. The number of aromatic amines is 1. The van der Waals surface area contributed by atoms with Gasteiger partial charge in [-0.1, -0.05) is 6.07 Å². The molecule has 5 heteroatoms. The summed E-state index contributed by atoms with van der Waals surface area (Å²) in [6.07, 6.45) is 0. The second kappa shape index (κ2) is 4.59. The first kappa shape index (κ1) is 12.9. The van der Waals surface area contributed by atoms with E-state index in [1.54, 1.807) is 13.8 Å². The molecule has 2 aromatic rings. The van der Waals surface area contributed by atoms with Gasteiger partial charge in [-0.05, 0) is 38.6 Å². The first-order chi connectivity index (χ1) is 8.33. The molecule has 0 aliphatic rings. The number of nitrogens with one attached hydrogen (secondary N) is 1. The zero-order valence-electron chi connectivity index (χ0n) is 10.9. The van der Waals surface area contributed by atoms with E-state index in [1.165, 1.54) is 0 Å². The Kier molecular flexibility index (Phi) is 3.28. The maximum Gasteiger partial charge on any atom is 0.417 e. The van der Waals surface area contributed by atoms with Gasteiger partial charge in [0.2, 0.25) is 0 Å². The molecule has 1 aromatic heterocycles. The Labute approximate surface area is 105 Å². The van der Waals surface area contributed by atoms with Gasteiger partial charge in [-0.25, -0.2) is 4.79 Å². The molecule has 18 heavy (non-hydrogen) atoms. The van der Waals surface area contributed by atoms with Crippen molar-refractivity contribution < 1.29 is 9.52 Å². The summed E-state index contributed by atoms with van der Waals surface area (Å²) in [4.78, 5) is 15.7. The van der Waals surface area contributed by atoms with E-state index in [2.05, 4.69) is 4.98 Å². The molecule has 2 rings (SSSR count). The molecule has 0 aliphatic carbocycles. The Balaban J connectivity index is 2.14. The zero-order chi connectivity index (χ0) is 13.3. The Morgan fingerprint density at radius 2 is 2.17 bits per heavy atom. The van der Waals surface area contributed by atoms with E-state index in [-0.39, 0.29) is 0 Å². The number of fused-ring (bicyclic) bond motifs is 1. The molecule has 2 N–H and O–H groups in total. The number of benzene rings is 1. The molecule has 0 saturated carbocycles. The summed E-state index contributed by atoms with van der Waals surface area (Å²) in [7, 11) is 1.94. The van der Waals surface area contributed by atoms with Gasteiger partial charge in [0.15, 0.2) is 5.58 Å². The average molecular weight is 250 g/mol. The Hall–Kier alpha value is -1.59. The highest BCUT2D eigenvalue weighted by Gasteiger charge is 2.15. The molecule has 0 radical (unpaired) electrons. The fraction of sp³-hybridized carbons (Fsp3) is 0.462. The van der Waals surface area contributed by atoms with Crippen LogP contribution >= 0.6 is 0 Å². The standard InChI is InChI=1S/C13H18N2O3/c1-13(2,17)8-15(3)7-9-4-5-10-11(6-9)18-12(16)14-10/h4-6,17H,7-8H2,1-3H3,(H,14,16). The second-order valence-corrected chi connectivity index (χ2v) is 5.33. The molecule has 98 valence electrons. The van der Waals surface area contributed by atoms with Crippen LogP contribution in [0.5, 0.6) is 0 Å². The summed E-state index contributed by atoms with van der Waals surface area (Å²) in [5.74, 6) is -0.438. The lowest BCUT2D eigenvalue weighted by Crippen LogP contribution is -2.35. The van der Waals surface area contributed by atoms with E-state index in [4.69, 9.17) is 4.42 Å². The van der Waals surface area contributed by atoms with Crippen LogP contribution in [0.25, 0.3) is 11.1 Å². The molecule has 5 nitrogen and oxygen atoms in total. The number of aliphatic hydroxyl groups is 1. The predicted octanol–water partition coefficient (Wildman–Crippen LogP) is 1.32. The highest BCUT2D eigenvalue weighted by Crippen LogP contribution is 2.14. The first-order valence-corrected chi connectivity index (χ1v) is 5.86. The number of nitrogens with zero attached hydrogens (tertiary/aromatic N) is 1. The van der Waals surface area contributed by atoms with Crippen molar-refractivity contribution in [2.24, 2.45) is 0 Å².